The number of aliphatic carboxylic acids is 1. The summed E-state index contributed by atoms with van der Waals surface area (Å²) in [6.45, 7) is 1.65. The molecule has 1 saturated carbocycles. The summed E-state index contributed by atoms with van der Waals surface area (Å²) >= 11 is 0. The first kappa shape index (κ1) is 12.1. The first-order chi connectivity index (χ1) is 7.97. The summed E-state index contributed by atoms with van der Waals surface area (Å²) in [7, 11) is 0. The molecule has 2 rings (SSSR count). The Morgan fingerprint density at radius 3 is 2.41 bits per heavy atom. The minimum atomic E-state index is -0.978. The second kappa shape index (κ2) is 4.13. The highest BCUT2D eigenvalue weighted by Gasteiger charge is 2.50. The molecule has 2 amide bonds. The van der Waals surface area contributed by atoms with E-state index in [0.717, 1.165) is 12.8 Å². The zero-order valence-electron chi connectivity index (χ0n) is 9.94. The van der Waals surface area contributed by atoms with Crippen molar-refractivity contribution in [2.75, 3.05) is 0 Å². The molecule has 0 bridgehead atoms. The maximum atomic E-state index is 11.7. The Labute approximate surface area is 99.8 Å². The van der Waals surface area contributed by atoms with Crippen LogP contribution in [0.4, 0.5) is 0 Å². The fourth-order valence-electron chi connectivity index (χ4n) is 2.92. The highest BCUT2D eigenvalue weighted by atomic mass is 16.4. The van der Waals surface area contributed by atoms with Crippen molar-refractivity contribution < 1.29 is 19.5 Å². The van der Waals surface area contributed by atoms with Crippen molar-refractivity contribution in [2.24, 2.45) is 5.41 Å². The number of rotatable bonds is 2. The lowest BCUT2D eigenvalue weighted by molar-refractivity contribution is -0.159. The first-order valence-electron chi connectivity index (χ1n) is 6.05. The number of carbonyl (C=O) groups is 3. The van der Waals surface area contributed by atoms with E-state index in [9.17, 15) is 19.5 Å². The van der Waals surface area contributed by atoms with E-state index >= 15 is 0 Å². The van der Waals surface area contributed by atoms with Gasteiger partial charge in [0.15, 0.2) is 0 Å². The zero-order chi connectivity index (χ0) is 12.6. The van der Waals surface area contributed by atoms with Crippen LogP contribution in [0.2, 0.25) is 0 Å². The van der Waals surface area contributed by atoms with E-state index in [4.69, 9.17) is 0 Å². The number of imide groups is 1. The number of hydrogen-bond acceptors (Lipinski definition) is 3. The van der Waals surface area contributed by atoms with Crippen LogP contribution in [-0.2, 0) is 14.4 Å². The molecule has 0 aromatic rings. The van der Waals surface area contributed by atoms with Gasteiger partial charge in [-0.1, -0.05) is 12.8 Å². The molecule has 1 N–H and O–H groups in total. The molecule has 2 aliphatic rings. The summed E-state index contributed by atoms with van der Waals surface area (Å²) in [5.41, 5.74) is -0.978. The van der Waals surface area contributed by atoms with E-state index in [2.05, 4.69) is 0 Å². The number of likely N-dealkylation sites (tertiary alicyclic amines) is 1. The molecule has 0 spiro atoms. The largest absolute Gasteiger partial charge is 0.481 e. The highest BCUT2D eigenvalue weighted by molar-refractivity contribution is 6.02. The Kier molecular flexibility index (Phi) is 2.93. The van der Waals surface area contributed by atoms with Gasteiger partial charge in [0.1, 0.15) is 0 Å². The van der Waals surface area contributed by atoms with E-state index in [0.29, 0.717) is 12.8 Å². The average Bonchev–Trinajstić information content (AvgIpc) is 2.60. The van der Waals surface area contributed by atoms with Crippen LogP contribution in [0, 0.1) is 5.41 Å². The molecule has 1 heterocycles. The average molecular weight is 239 g/mol. The Morgan fingerprint density at radius 1 is 1.29 bits per heavy atom. The Balaban J connectivity index is 2.31. The summed E-state index contributed by atoms with van der Waals surface area (Å²) in [5, 5.41) is 9.35. The molecule has 1 aliphatic carbocycles. The number of carboxylic acid groups (broad SMARTS) is 1. The molecule has 2 atom stereocenters. The lowest BCUT2D eigenvalue weighted by Gasteiger charge is -2.42. The van der Waals surface area contributed by atoms with Gasteiger partial charge in [0.25, 0.3) is 0 Å². The van der Waals surface area contributed by atoms with Gasteiger partial charge in [-0.25, -0.2) is 0 Å². The van der Waals surface area contributed by atoms with Crippen molar-refractivity contribution in [3.8, 4) is 0 Å². The molecule has 94 valence electrons. The fraction of sp³-hybridized carbons (Fsp3) is 0.750. The highest BCUT2D eigenvalue weighted by Crippen LogP contribution is 2.41. The van der Waals surface area contributed by atoms with Crippen molar-refractivity contribution >= 4 is 17.8 Å². The van der Waals surface area contributed by atoms with Gasteiger partial charge < -0.3 is 5.11 Å². The normalized spacial score (nSPS) is 34.2. The Morgan fingerprint density at radius 2 is 1.88 bits per heavy atom. The van der Waals surface area contributed by atoms with E-state index in [1.54, 1.807) is 6.92 Å². The molecule has 5 heteroatoms. The second-order valence-electron chi connectivity index (χ2n) is 5.14. The van der Waals surface area contributed by atoms with Gasteiger partial charge in [-0.3, -0.25) is 19.3 Å². The maximum absolute atomic E-state index is 11.7. The third kappa shape index (κ3) is 1.83. The predicted molar refractivity (Wildman–Crippen MR) is 59.1 cm³/mol. The number of hydrogen-bond donors (Lipinski definition) is 1. The molecule has 17 heavy (non-hydrogen) atoms. The van der Waals surface area contributed by atoms with Gasteiger partial charge in [-0.05, 0) is 19.8 Å². The smallest absolute Gasteiger partial charge is 0.311 e. The number of carboxylic acids is 1. The summed E-state index contributed by atoms with van der Waals surface area (Å²) in [5.74, 6) is -1.33. The van der Waals surface area contributed by atoms with Gasteiger partial charge in [0.2, 0.25) is 11.8 Å². The summed E-state index contributed by atoms with van der Waals surface area (Å²) in [4.78, 5) is 36.0. The van der Waals surface area contributed by atoms with Crippen LogP contribution in [0.5, 0.6) is 0 Å². The van der Waals surface area contributed by atoms with Crippen LogP contribution in [0.15, 0.2) is 0 Å². The predicted octanol–water partition coefficient (Wildman–Crippen LogP) is 1.17. The SMILES string of the molecule is CC1(C(=O)O)CCCCC1N1C(=O)CCC1=O. The van der Waals surface area contributed by atoms with E-state index in [-0.39, 0.29) is 24.7 Å². The lowest BCUT2D eigenvalue weighted by Crippen LogP contribution is -2.54. The molecule has 1 saturated heterocycles. The van der Waals surface area contributed by atoms with Gasteiger partial charge in [-0.15, -0.1) is 0 Å². The molecule has 2 unspecified atom stereocenters. The minimum absolute atomic E-state index is 0.214. The zero-order valence-corrected chi connectivity index (χ0v) is 9.94. The van der Waals surface area contributed by atoms with Gasteiger partial charge in [0.05, 0.1) is 11.5 Å². The molecule has 5 nitrogen and oxygen atoms in total. The van der Waals surface area contributed by atoms with E-state index < -0.39 is 17.4 Å². The quantitative estimate of drug-likeness (QED) is 0.734. The molecule has 0 aromatic carbocycles. The van der Waals surface area contributed by atoms with Crippen molar-refractivity contribution in [3.63, 3.8) is 0 Å². The van der Waals surface area contributed by atoms with Crippen LogP contribution < -0.4 is 0 Å². The molecule has 2 fully saturated rings. The third-order valence-corrected chi connectivity index (χ3v) is 4.05. The molecular formula is C12H17NO4. The Hall–Kier alpha value is -1.39. The van der Waals surface area contributed by atoms with Crippen LogP contribution in [0.25, 0.3) is 0 Å². The van der Waals surface area contributed by atoms with Crippen molar-refractivity contribution in [2.45, 2.75) is 51.5 Å². The maximum Gasteiger partial charge on any atom is 0.311 e. The lowest BCUT2D eigenvalue weighted by atomic mass is 9.71. The van der Waals surface area contributed by atoms with Crippen molar-refractivity contribution in [1.29, 1.82) is 0 Å². The summed E-state index contributed by atoms with van der Waals surface area (Å²) in [6, 6.07) is -0.462. The van der Waals surface area contributed by atoms with E-state index in [1.807, 2.05) is 0 Å². The minimum Gasteiger partial charge on any atom is -0.481 e. The van der Waals surface area contributed by atoms with Crippen molar-refractivity contribution in [1.82, 2.24) is 4.90 Å². The standard InChI is InChI=1S/C12H17NO4/c1-12(11(16)17)7-3-2-4-8(12)13-9(14)5-6-10(13)15/h8H,2-7H2,1H3,(H,16,17). The third-order valence-electron chi connectivity index (χ3n) is 4.05. The van der Waals surface area contributed by atoms with Crippen LogP contribution >= 0.6 is 0 Å². The van der Waals surface area contributed by atoms with Crippen LogP contribution in [0.1, 0.15) is 45.4 Å². The number of carbonyl (C=O) groups excluding carboxylic acids is 2. The number of amides is 2. The molecule has 0 aromatic heterocycles. The van der Waals surface area contributed by atoms with Gasteiger partial charge in [0, 0.05) is 12.8 Å². The first-order valence-corrected chi connectivity index (χ1v) is 6.05. The molecule has 1 aliphatic heterocycles. The summed E-state index contributed by atoms with van der Waals surface area (Å²) < 4.78 is 0. The van der Waals surface area contributed by atoms with Gasteiger partial charge in [-0.2, -0.15) is 0 Å². The van der Waals surface area contributed by atoms with Crippen LogP contribution in [-0.4, -0.2) is 33.8 Å². The fourth-order valence-corrected chi connectivity index (χ4v) is 2.92. The monoisotopic (exact) mass is 239 g/mol. The van der Waals surface area contributed by atoms with Crippen molar-refractivity contribution in [3.05, 3.63) is 0 Å². The molecular weight excluding hydrogens is 222 g/mol. The van der Waals surface area contributed by atoms with E-state index in [1.165, 1.54) is 4.90 Å². The Bertz CT molecular complexity index is 363. The molecule has 0 radical (unpaired) electrons. The number of nitrogens with zero attached hydrogens (tertiary/aromatic N) is 1. The van der Waals surface area contributed by atoms with Crippen LogP contribution in [0.3, 0.4) is 0 Å². The topological polar surface area (TPSA) is 74.7 Å². The van der Waals surface area contributed by atoms with Gasteiger partial charge >= 0.3 is 5.97 Å². The second-order valence-corrected chi connectivity index (χ2v) is 5.14. The summed E-state index contributed by atoms with van der Waals surface area (Å²) in [6.07, 6.45) is 3.32.